The summed E-state index contributed by atoms with van der Waals surface area (Å²) in [5.74, 6) is 0.319. The zero-order valence-corrected chi connectivity index (χ0v) is 10.1. The molecule has 5 nitrogen and oxygen atoms in total. The van der Waals surface area contributed by atoms with Gasteiger partial charge in [-0.1, -0.05) is 12.1 Å². The van der Waals surface area contributed by atoms with Crippen molar-refractivity contribution in [3.05, 3.63) is 24.3 Å². The van der Waals surface area contributed by atoms with Gasteiger partial charge in [-0.2, -0.15) is 0 Å². The largest absolute Gasteiger partial charge is 0.495 e. The van der Waals surface area contributed by atoms with E-state index in [0.717, 1.165) is 0 Å². The second-order valence-corrected chi connectivity index (χ2v) is 5.09. The minimum atomic E-state index is -3.57. The van der Waals surface area contributed by atoms with Crippen LogP contribution in [0.5, 0.6) is 5.75 Å². The van der Waals surface area contributed by atoms with Crippen LogP contribution in [0.2, 0.25) is 0 Å². The van der Waals surface area contributed by atoms with E-state index in [2.05, 4.69) is 4.72 Å². The van der Waals surface area contributed by atoms with Crippen molar-refractivity contribution in [3.8, 4) is 5.75 Å². The molecule has 0 aliphatic carbocycles. The third-order valence-corrected chi connectivity index (χ3v) is 3.70. The van der Waals surface area contributed by atoms with E-state index >= 15 is 0 Å². The summed E-state index contributed by atoms with van der Waals surface area (Å²) in [6.07, 6.45) is 0. The number of nitrogens with one attached hydrogen (secondary N) is 1. The molecule has 0 spiro atoms. The molecule has 1 atom stereocenters. The molecule has 0 heterocycles. The molecule has 0 aliphatic heterocycles. The minimum absolute atomic E-state index is 0.123. The Labute approximate surface area is 95.7 Å². The maximum atomic E-state index is 11.9. The zero-order valence-electron chi connectivity index (χ0n) is 9.30. The van der Waals surface area contributed by atoms with E-state index in [4.69, 9.17) is 10.5 Å². The summed E-state index contributed by atoms with van der Waals surface area (Å²) < 4.78 is 31.3. The molecular formula is C10H16N2O3S. The summed E-state index contributed by atoms with van der Waals surface area (Å²) in [6, 6.07) is 6.13. The number of methoxy groups -OCH3 is 1. The topological polar surface area (TPSA) is 81.4 Å². The van der Waals surface area contributed by atoms with Gasteiger partial charge in [0.25, 0.3) is 0 Å². The molecule has 0 bridgehead atoms. The number of ether oxygens (including phenoxy) is 1. The van der Waals surface area contributed by atoms with Crippen molar-refractivity contribution in [2.45, 2.75) is 17.9 Å². The fourth-order valence-corrected chi connectivity index (χ4v) is 2.64. The lowest BCUT2D eigenvalue weighted by Crippen LogP contribution is -2.37. The van der Waals surface area contributed by atoms with Gasteiger partial charge in [-0.05, 0) is 19.1 Å². The second-order valence-electron chi connectivity index (χ2n) is 3.41. The third-order valence-electron chi connectivity index (χ3n) is 2.07. The highest BCUT2D eigenvalue weighted by atomic mass is 32.2. The number of rotatable bonds is 5. The van der Waals surface area contributed by atoms with Gasteiger partial charge in [0, 0.05) is 12.6 Å². The Bertz CT molecular complexity index is 445. The van der Waals surface area contributed by atoms with E-state index in [9.17, 15) is 8.42 Å². The Morgan fingerprint density at radius 3 is 2.62 bits per heavy atom. The number of para-hydroxylation sites is 1. The van der Waals surface area contributed by atoms with Gasteiger partial charge in [-0.3, -0.25) is 0 Å². The van der Waals surface area contributed by atoms with Crippen molar-refractivity contribution < 1.29 is 13.2 Å². The predicted octanol–water partition coefficient (Wildman–Crippen LogP) is 0.321. The average Bonchev–Trinajstić information content (AvgIpc) is 2.28. The molecule has 0 saturated heterocycles. The van der Waals surface area contributed by atoms with Gasteiger partial charge in [0.1, 0.15) is 10.6 Å². The first-order valence-corrected chi connectivity index (χ1v) is 6.35. The highest BCUT2D eigenvalue weighted by Gasteiger charge is 2.20. The minimum Gasteiger partial charge on any atom is -0.495 e. The molecule has 1 aromatic carbocycles. The van der Waals surface area contributed by atoms with Crippen LogP contribution in [-0.4, -0.2) is 28.1 Å². The van der Waals surface area contributed by atoms with Crippen molar-refractivity contribution in [1.29, 1.82) is 0 Å². The molecule has 1 rings (SSSR count). The SMILES string of the molecule is COc1ccccc1S(=O)(=O)N[C@H](C)CN. The number of hydrogen-bond acceptors (Lipinski definition) is 4. The van der Waals surface area contributed by atoms with Crippen molar-refractivity contribution in [1.82, 2.24) is 4.72 Å². The van der Waals surface area contributed by atoms with Gasteiger partial charge in [-0.15, -0.1) is 0 Å². The quantitative estimate of drug-likeness (QED) is 0.781. The molecule has 3 N–H and O–H groups in total. The van der Waals surface area contributed by atoms with Crippen molar-refractivity contribution >= 4 is 10.0 Å². The summed E-state index contributed by atoms with van der Waals surface area (Å²) in [5.41, 5.74) is 5.37. The molecule has 0 amide bonds. The molecule has 1 aromatic rings. The molecule has 0 saturated carbocycles. The highest BCUT2D eigenvalue weighted by molar-refractivity contribution is 7.89. The standard InChI is InChI=1S/C10H16N2O3S/c1-8(7-11)12-16(13,14)10-6-4-3-5-9(10)15-2/h3-6,8,12H,7,11H2,1-2H3/t8-/m1/s1. The summed E-state index contributed by atoms with van der Waals surface area (Å²) in [7, 11) is -2.14. The van der Waals surface area contributed by atoms with Crippen LogP contribution in [0.15, 0.2) is 29.2 Å². The average molecular weight is 244 g/mol. The van der Waals surface area contributed by atoms with Crippen LogP contribution in [0.3, 0.4) is 0 Å². The molecule has 6 heteroatoms. The van der Waals surface area contributed by atoms with E-state index in [1.165, 1.54) is 13.2 Å². The van der Waals surface area contributed by atoms with Crippen LogP contribution in [-0.2, 0) is 10.0 Å². The van der Waals surface area contributed by atoms with Crippen molar-refractivity contribution in [2.24, 2.45) is 5.73 Å². The van der Waals surface area contributed by atoms with Gasteiger partial charge in [0.2, 0.25) is 10.0 Å². The Kier molecular flexibility index (Phi) is 4.28. The summed E-state index contributed by atoms with van der Waals surface area (Å²) in [6.45, 7) is 1.95. The van der Waals surface area contributed by atoms with E-state index in [1.807, 2.05) is 0 Å². The van der Waals surface area contributed by atoms with Gasteiger partial charge in [-0.25, -0.2) is 13.1 Å². The third kappa shape index (κ3) is 2.94. The molecule has 0 unspecified atom stereocenters. The van der Waals surface area contributed by atoms with E-state index in [0.29, 0.717) is 5.75 Å². The first-order chi connectivity index (χ1) is 7.51. The maximum Gasteiger partial charge on any atom is 0.244 e. The van der Waals surface area contributed by atoms with Gasteiger partial charge >= 0.3 is 0 Å². The lowest BCUT2D eigenvalue weighted by molar-refractivity contribution is 0.402. The van der Waals surface area contributed by atoms with Gasteiger partial charge < -0.3 is 10.5 Å². The second kappa shape index (κ2) is 5.29. The summed E-state index contributed by atoms with van der Waals surface area (Å²) >= 11 is 0. The van der Waals surface area contributed by atoms with E-state index in [-0.39, 0.29) is 17.5 Å². The molecule has 0 aromatic heterocycles. The normalized spacial score (nSPS) is 13.4. The Morgan fingerprint density at radius 1 is 1.44 bits per heavy atom. The molecule has 90 valence electrons. The van der Waals surface area contributed by atoms with Crippen LogP contribution in [0, 0.1) is 0 Å². The van der Waals surface area contributed by atoms with Crippen molar-refractivity contribution in [3.63, 3.8) is 0 Å². The van der Waals surface area contributed by atoms with Gasteiger partial charge in [0.05, 0.1) is 7.11 Å². The predicted molar refractivity (Wildman–Crippen MR) is 61.8 cm³/mol. The van der Waals surface area contributed by atoms with Crippen LogP contribution < -0.4 is 15.2 Å². The fourth-order valence-electron chi connectivity index (χ4n) is 1.22. The lowest BCUT2D eigenvalue weighted by Gasteiger charge is -2.13. The molecule has 0 fully saturated rings. The Hall–Kier alpha value is -1.11. The van der Waals surface area contributed by atoms with Crippen LogP contribution in [0.4, 0.5) is 0 Å². The molecule has 16 heavy (non-hydrogen) atoms. The van der Waals surface area contributed by atoms with Crippen LogP contribution >= 0.6 is 0 Å². The van der Waals surface area contributed by atoms with E-state index < -0.39 is 10.0 Å². The Balaban J connectivity index is 3.07. The molecule has 0 radical (unpaired) electrons. The maximum absolute atomic E-state index is 11.9. The molecular weight excluding hydrogens is 228 g/mol. The number of sulfonamides is 1. The number of benzene rings is 1. The number of nitrogens with two attached hydrogens (primary N) is 1. The van der Waals surface area contributed by atoms with Crippen molar-refractivity contribution in [2.75, 3.05) is 13.7 Å². The highest BCUT2D eigenvalue weighted by Crippen LogP contribution is 2.22. The first-order valence-electron chi connectivity index (χ1n) is 4.86. The smallest absolute Gasteiger partial charge is 0.244 e. The summed E-state index contributed by atoms with van der Waals surface area (Å²) in [5, 5.41) is 0. The first kappa shape index (κ1) is 13.0. The molecule has 0 aliphatic rings. The fraction of sp³-hybridized carbons (Fsp3) is 0.400. The van der Waals surface area contributed by atoms with E-state index in [1.54, 1.807) is 25.1 Å². The van der Waals surface area contributed by atoms with Crippen LogP contribution in [0.25, 0.3) is 0 Å². The lowest BCUT2D eigenvalue weighted by atomic mass is 10.3. The summed E-state index contributed by atoms with van der Waals surface area (Å²) in [4.78, 5) is 0.123. The zero-order chi connectivity index (χ0) is 12.2. The Morgan fingerprint density at radius 2 is 2.06 bits per heavy atom. The van der Waals surface area contributed by atoms with Crippen LogP contribution in [0.1, 0.15) is 6.92 Å². The number of hydrogen-bond donors (Lipinski definition) is 2. The monoisotopic (exact) mass is 244 g/mol. The van der Waals surface area contributed by atoms with Gasteiger partial charge in [0.15, 0.2) is 0 Å².